The van der Waals surface area contributed by atoms with E-state index < -0.39 is 0 Å². The summed E-state index contributed by atoms with van der Waals surface area (Å²) < 4.78 is 0. The fourth-order valence-corrected chi connectivity index (χ4v) is 2.03. The van der Waals surface area contributed by atoms with Gasteiger partial charge in [0.25, 0.3) is 0 Å². The Balaban J connectivity index is 2.04. The molecule has 0 amide bonds. The molecule has 0 N–H and O–H groups in total. The molecule has 1 aliphatic carbocycles. The number of nitrogens with zero attached hydrogens (tertiary/aromatic N) is 1. The van der Waals surface area contributed by atoms with E-state index in [1.807, 2.05) is 30.5 Å². The molecule has 0 unspecified atom stereocenters. The van der Waals surface area contributed by atoms with E-state index in [0.29, 0.717) is 12.3 Å². The maximum Gasteiger partial charge on any atom is 0.165 e. The summed E-state index contributed by atoms with van der Waals surface area (Å²) in [6, 6.07) is 7.93. The molecule has 3 rings (SSSR count). The van der Waals surface area contributed by atoms with Crippen LogP contribution in [-0.2, 0) is 0 Å². The number of hydrogen-bond acceptors (Lipinski definition) is 2. The lowest BCUT2D eigenvalue weighted by molar-refractivity contribution is 0.0977. The lowest BCUT2D eigenvalue weighted by Crippen LogP contribution is -2.01. The largest absolute Gasteiger partial charge is 0.294 e. The minimum Gasteiger partial charge on any atom is -0.294 e. The first-order chi connectivity index (χ1) is 7.84. The molecule has 2 aromatic rings. The summed E-state index contributed by atoms with van der Waals surface area (Å²) in [6.07, 6.45) is 6.62. The van der Waals surface area contributed by atoms with E-state index in [4.69, 9.17) is 0 Å². The monoisotopic (exact) mass is 211 g/mol. The summed E-state index contributed by atoms with van der Waals surface area (Å²) in [4.78, 5) is 16.2. The second-order valence-corrected chi connectivity index (χ2v) is 4.48. The number of pyridine rings is 1. The highest BCUT2D eigenvalue weighted by Crippen LogP contribution is 2.34. The third-order valence-corrected chi connectivity index (χ3v) is 3.14. The third kappa shape index (κ3) is 1.71. The Bertz CT molecular complexity index is 538. The number of benzene rings is 1. The van der Waals surface area contributed by atoms with Gasteiger partial charge in [-0.15, -0.1) is 0 Å². The van der Waals surface area contributed by atoms with Gasteiger partial charge in [0.2, 0.25) is 0 Å². The van der Waals surface area contributed by atoms with E-state index in [9.17, 15) is 4.79 Å². The lowest BCUT2D eigenvalue weighted by atomic mass is 10.0. The number of hydrogen-bond donors (Lipinski definition) is 0. The summed E-state index contributed by atoms with van der Waals surface area (Å²) >= 11 is 0. The molecule has 0 aliphatic heterocycles. The Morgan fingerprint density at radius 2 is 2.06 bits per heavy atom. The van der Waals surface area contributed by atoms with Crippen LogP contribution in [0.1, 0.15) is 29.6 Å². The zero-order chi connectivity index (χ0) is 11.0. The summed E-state index contributed by atoms with van der Waals surface area (Å²) in [6.45, 7) is 0. The van der Waals surface area contributed by atoms with Crippen LogP contribution in [0.5, 0.6) is 0 Å². The topological polar surface area (TPSA) is 30.0 Å². The standard InChI is InChI=1S/C14H13NO/c16-14(7-10-5-6-10)13-9-15-8-11-3-1-2-4-12(11)13/h1-4,8-10H,5-7H2. The van der Waals surface area contributed by atoms with Gasteiger partial charge in [0.1, 0.15) is 0 Å². The van der Waals surface area contributed by atoms with E-state index in [2.05, 4.69) is 4.98 Å². The van der Waals surface area contributed by atoms with Crippen molar-refractivity contribution in [3.8, 4) is 0 Å². The SMILES string of the molecule is O=C(CC1CC1)c1cncc2ccccc12. The van der Waals surface area contributed by atoms with Crippen LogP contribution >= 0.6 is 0 Å². The van der Waals surface area contributed by atoms with Gasteiger partial charge in [0.05, 0.1) is 0 Å². The van der Waals surface area contributed by atoms with Crippen molar-refractivity contribution in [1.29, 1.82) is 0 Å². The predicted molar refractivity (Wildman–Crippen MR) is 63.4 cm³/mol. The second kappa shape index (κ2) is 3.71. The molecule has 1 fully saturated rings. The van der Waals surface area contributed by atoms with E-state index >= 15 is 0 Å². The molecule has 1 heterocycles. The highest BCUT2D eigenvalue weighted by atomic mass is 16.1. The highest BCUT2D eigenvalue weighted by molar-refractivity contribution is 6.07. The van der Waals surface area contributed by atoms with Gasteiger partial charge in [-0.2, -0.15) is 0 Å². The van der Waals surface area contributed by atoms with Crippen LogP contribution in [-0.4, -0.2) is 10.8 Å². The summed E-state index contributed by atoms with van der Waals surface area (Å²) in [5, 5.41) is 2.08. The lowest BCUT2D eigenvalue weighted by Gasteiger charge is -2.04. The number of carbonyl (C=O) groups excluding carboxylic acids is 1. The Labute approximate surface area is 94.3 Å². The highest BCUT2D eigenvalue weighted by Gasteiger charge is 2.25. The number of aromatic nitrogens is 1. The van der Waals surface area contributed by atoms with Crippen LogP contribution in [0.3, 0.4) is 0 Å². The third-order valence-electron chi connectivity index (χ3n) is 3.14. The van der Waals surface area contributed by atoms with Gasteiger partial charge in [-0.1, -0.05) is 24.3 Å². The van der Waals surface area contributed by atoms with Crippen molar-refractivity contribution in [1.82, 2.24) is 4.98 Å². The van der Waals surface area contributed by atoms with Crippen LogP contribution in [0, 0.1) is 5.92 Å². The minimum atomic E-state index is 0.242. The first kappa shape index (κ1) is 9.52. The van der Waals surface area contributed by atoms with Gasteiger partial charge in [0, 0.05) is 29.8 Å². The Morgan fingerprint density at radius 3 is 2.88 bits per heavy atom. The van der Waals surface area contributed by atoms with Crippen molar-refractivity contribution in [2.45, 2.75) is 19.3 Å². The van der Waals surface area contributed by atoms with Crippen molar-refractivity contribution in [2.75, 3.05) is 0 Å². The van der Waals surface area contributed by atoms with Crippen molar-refractivity contribution in [3.05, 3.63) is 42.2 Å². The van der Waals surface area contributed by atoms with Gasteiger partial charge in [0.15, 0.2) is 5.78 Å². The van der Waals surface area contributed by atoms with Gasteiger partial charge in [-0.3, -0.25) is 9.78 Å². The van der Waals surface area contributed by atoms with Crippen LogP contribution in [0.15, 0.2) is 36.7 Å². The maximum atomic E-state index is 12.1. The molecular weight excluding hydrogens is 198 g/mol. The van der Waals surface area contributed by atoms with Gasteiger partial charge < -0.3 is 0 Å². The summed E-state index contributed by atoms with van der Waals surface area (Å²) in [7, 11) is 0. The Kier molecular flexibility index (Phi) is 2.21. The zero-order valence-corrected chi connectivity index (χ0v) is 9.02. The fraction of sp³-hybridized carbons (Fsp3) is 0.286. The van der Waals surface area contributed by atoms with Crippen molar-refractivity contribution in [2.24, 2.45) is 5.92 Å². The molecule has 2 nitrogen and oxygen atoms in total. The average Bonchev–Trinajstić information content (AvgIpc) is 3.12. The van der Waals surface area contributed by atoms with Crippen LogP contribution in [0.2, 0.25) is 0 Å². The molecule has 1 saturated carbocycles. The number of carbonyl (C=O) groups is 1. The number of ketones is 1. The fourth-order valence-electron chi connectivity index (χ4n) is 2.03. The number of fused-ring (bicyclic) bond motifs is 1. The number of rotatable bonds is 3. The first-order valence-electron chi connectivity index (χ1n) is 5.70. The minimum absolute atomic E-state index is 0.242. The van der Waals surface area contributed by atoms with Crippen LogP contribution in [0.25, 0.3) is 10.8 Å². The molecule has 0 saturated heterocycles. The van der Waals surface area contributed by atoms with E-state index in [-0.39, 0.29) is 5.78 Å². The molecule has 1 aliphatic rings. The second-order valence-electron chi connectivity index (χ2n) is 4.48. The normalized spacial score (nSPS) is 15.2. The van der Waals surface area contributed by atoms with Crippen LogP contribution < -0.4 is 0 Å². The molecule has 0 bridgehead atoms. The molecule has 16 heavy (non-hydrogen) atoms. The summed E-state index contributed by atoms with van der Waals surface area (Å²) in [5.74, 6) is 0.873. The first-order valence-corrected chi connectivity index (χ1v) is 5.70. The predicted octanol–water partition coefficient (Wildman–Crippen LogP) is 3.22. The quantitative estimate of drug-likeness (QED) is 0.729. The zero-order valence-electron chi connectivity index (χ0n) is 9.02. The molecule has 1 aromatic heterocycles. The van der Waals surface area contributed by atoms with E-state index in [1.165, 1.54) is 12.8 Å². The van der Waals surface area contributed by atoms with Gasteiger partial charge >= 0.3 is 0 Å². The van der Waals surface area contributed by atoms with E-state index in [0.717, 1.165) is 16.3 Å². The summed E-state index contributed by atoms with van der Waals surface area (Å²) in [5.41, 5.74) is 0.782. The van der Waals surface area contributed by atoms with Gasteiger partial charge in [-0.05, 0) is 24.1 Å². The van der Waals surface area contributed by atoms with Crippen molar-refractivity contribution >= 4 is 16.6 Å². The van der Waals surface area contributed by atoms with E-state index in [1.54, 1.807) is 6.20 Å². The molecular formula is C14H13NO. The molecule has 0 atom stereocenters. The molecule has 1 aromatic carbocycles. The molecule has 0 spiro atoms. The Morgan fingerprint density at radius 1 is 1.25 bits per heavy atom. The maximum absolute atomic E-state index is 12.1. The van der Waals surface area contributed by atoms with Crippen LogP contribution in [0.4, 0.5) is 0 Å². The Hall–Kier alpha value is -1.70. The smallest absolute Gasteiger partial charge is 0.165 e. The molecule has 80 valence electrons. The van der Waals surface area contributed by atoms with Crippen molar-refractivity contribution < 1.29 is 4.79 Å². The molecule has 2 heteroatoms. The molecule has 0 radical (unpaired) electrons. The van der Waals surface area contributed by atoms with Gasteiger partial charge in [-0.25, -0.2) is 0 Å². The number of Topliss-reactive ketones (excluding diaryl/α,β-unsaturated/α-hetero) is 1. The average molecular weight is 211 g/mol. The van der Waals surface area contributed by atoms with Crippen molar-refractivity contribution in [3.63, 3.8) is 0 Å².